The molecule has 305 valence electrons. The molecule has 0 saturated heterocycles. The van der Waals surface area contributed by atoms with Crippen LogP contribution in [0.3, 0.4) is 0 Å². The summed E-state index contributed by atoms with van der Waals surface area (Å²) in [6.45, 7) is 14.9. The van der Waals surface area contributed by atoms with Crippen LogP contribution in [-0.4, -0.2) is 37.1 Å². The molecule has 0 saturated carbocycles. The van der Waals surface area contributed by atoms with Gasteiger partial charge in [0.1, 0.15) is 0 Å². The third-order valence-corrected chi connectivity index (χ3v) is 11.7. The minimum absolute atomic E-state index is 0. The number of benzene rings is 4. The van der Waals surface area contributed by atoms with Gasteiger partial charge in [-0.3, -0.25) is 4.79 Å². The Bertz CT molecular complexity index is 2320. The Morgan fingerprint density at radius 2 is 1.09 bits per heavy atom. The summed E-state index contributed by atoms with van der Waals surface area (Å²) < 4.78 is 11.2. The van der Waals surface area contributed by atoms with Gasteiger partial charge in [0.25, 0.3) is 11.3 Å². The van der Waals surface area contributed by atoms with E-state index in [2.05, 4.69) is 72.4 Å². The fraction of sp³-hybridized carbons (Fsp3) is 0.267. The maximum atomic E-state index is 12.5. The van der Waals surface area contributed by atoms with Crippen molar-refractivity contribution in [2.45, 2.75) is 62.1 Å². The van der Waals surface area contributed by atoms with Gasteiger partial charge in [0, 0.05) is 96.1 Å². The summed E-state index contributed by atoms with van der Waals surface area (Å²) >= 11 is 3.23. The van der Waals surface area contributed by atoms with E-state index in [1.165, 1.54) is 19.9 Å². The zero-order valence-corrected chi connectivity index (χ0v) is 37.2. The summed E-state index contributed by atoms with van der Waals surface area (Å²) in [5.41, 5.74) is 5.77. The molecule has 3 N–H and O–H groups in total. The number of hydrogen-bond acceptors (Lipinski definition) is 12. The number of ketones is 1. The number of aliphatic hydroxyl groups is 1. The molecule has 0 aliphatic carbocycles. The summed E-state index contributed by atoms with van der Waals surface area (Å²) in [6.07, 6.45) is 1.17. The molecule has 10 nitrogen and oxygen atoms in total. The Kier molecular flexibility index (Phi) is 15.3. The summed E-state index contributed by atoms with van der Waals surface area (Å²) in [4.78, 5) is 41.8. The third kappa shape index (κ3) is 10.4. The van der Waals surface area contributed by atoms with Gasteiger partial charge in [-0.1, -0.05) is 59.9 Å². The molecule has 0 spiro atoms. The molecule has 1 radical (unpaired) electrons. The first-order valence-electron chi connectivity index (χ1n) is 18.9. The van der Waals surface area contributed by atoms with E-state index in [-0.39, 0.29) is 53.6 Å². The first kappa shape index (κ1) is 44.2. The van der Waals surface area contributed by atoms with E-state index in [1.807, 2.05) is 72.8 Å². The normalized spacial score (nSPS) is 15.0. The maximum absolute atomic E-state index is 12.5. The van der Waals surface area contributed by atoms with Gasteiger partial charge in [-0.15, -0.1) is 35.0 Å². The van der Waals surface area contributed by atoms with Crippen molar-refractivity contribution >= 4 is 74.0 Å². The minimum Gasteiger partial charge on any atom is -0.514 e. The van der Waals surface area contributed by atoms with E-state index >= 15 is 0 Å². The van der Waals surface area contributed by atoms with Crippen LogP contribution in [0.4, 0.5) is 22.7 Å². The SMILES string of the molecule is CC(=O)/C=C(/C)O.CCN(CC)c1ccc2[c-]c(C3Nc4ccccc4S3)c(=O)oc2c1.CCN(CC)c1ccc2[c-]c(C3Nc4ccccc4S3)c(=O)oc2c1.[Ir]. The summed E-state index contributed by atoms with van der Waals surface area (Å²) in [5.74, 6) is -0.0625. The van der Waals surface area contributed by atoms with Crippen molar-refractivity contribution in [1.82, 2.24) is 0 Å². The number of allylic oxidation sites excluding steroid dienone is 2. The van der Waals surface area contributed by atoms with Gasteiger partial charge in [0.2, 0.25) is 0 Å². The van der Waals surface area contributed by atoms with Crippen molar-refractivity contribution in [2.24, 2.45) is 0 Å². The maximum Gasteiger partial charge on any atom is 0.254 e. The second kappa shape index (κ2) is 20.2. The molecule has 4 heterocycles. The first-order valence-corrected chi connectivity index (χ1v) is 20.7. The van der Waals surface area contributed by atoms with Gasteiger partial charge in [0.05, 0.1) is 16.5 Å². The average molecular weight is 995 g/mol. The van der Waals surface area contributed by atoms with Gasteiger partial charge in [-0.25, -0.2) is 0 Å². The van der Waals surface area contributed by atoms with Gasteiger partial charge in [-0.05, 0) is 89.1 Å². The molecule has 2 aromatic heterocycles. The van der Waals surface area contributed by atoms with Crippen molar-refractivity contribution in [3.05, 3.63) is 141 Å². The summed E-state index contributed by atoms with van der Waals surface area (Å²) in [7, 11) is 0. The van der Waals surface area contributed by atoms with Crippen LogP contribution in [0.15, 0.2) is 125 Å². The number of nitrogens with one attached hydrogen (secondary N) is 2. The van der Waals surface area contributed by atoms with Crippen LogP contribution < -0.4 is 31.7 Å². The number of carbonyl (C=O) groups excluding carboxylic acids is 1. The van der Waals surface area contributed by atoms with Crippen LogP contribution in [0.2, 0.25) is 0 Å². The molecule has 2 aliphatic heterocycles. The molecule has 13 heteroatoms. The van der Waals surface area contributed by atoms with E-state index in [4.69, 9.17) is 13.9 Å². The van der Waals surface area contributed by atoms with E-state index in [1.54, 1.807) is 23.5 Å². The van der Waals surface area contributed by atoms with Crippen LogP contribution in [0.25, 0.3) is 21.9 Å². The van der Waals surface area contributed by atoms with E-state index in [9.17, 15) is 14.4 Å². The van der Waals surface area contributed by atoms with Crippen LogP contribution in [0.5, 0.6) is 0 Å². The van der Waals surface area contributed by atoms with E-state index in [0.717, 1.165) is 69.5 Å². The largest absolute Gasteiger partial charge is 0.514 e. The number of carbonyl (C=O) groups is 1. The van der Waals surface area contributed by atoms with Gasteiger partial charge in [-0.2, -0.15) is 0 Å². The van der Waals surface area contributed by atoms with Crippen molar-refractivity contribution in [3.8, 4) is 0 Å². The fourth-order valence-electron chi connectivity index (χ4n) is 6.54. The Morgan fingerprint density at radius 1 is 0.690 bits per heavy atom. The predicted molar refractivity (Wildman–Crippen MR) is 234 cm³/mol. The van der Waals surface area contributed by atoms with Crippen LogP contribution in [0.1, 0.15) is 63.4 Å². The fourth-order valence-corrected chi connectivity index (χ4v) is 8.79. The topological polar surface area (TPSA) is 128 Å². The molecule has 58 heavy (non-hydrogen) atoms. The van der Waals surface area contributed by atoms with Crippen molar-refractivity contribution in [1.29, 1.82) is 0 Å². The summed E-state index contributed by atoms with van der Waals surface area (Å²) in [5, 5.41) is 16.4. The molecular weight excluding hydrogens is 949 g/mol. The number of aliphatic hydroxyl groups excluding tert-OH is 1. The number of thioether (sulfide) groups is 2. The number of anilines is 4. The summed E-state index contributed by atoms with van der Waals surface area (Å²) in [6, 6.07) is 34.5. The van der Waals surface area contributed by atoms with Gasteiger partial charge in [0.15, 0.2) is 5.78 Å². The van der Waals surface area contributed by atoms with E-state index in [0.29, 0.717) is 22.3 Å². The molecule has 0 bridgehead atoms. The standard InChI is InChI=1S/2C20H19N2O2S.C5H8O2.Ir/c2*1-3-22(4-2)14-10-9-13-11-15(20(23)24-17(13)12-14)19-21-16-7-5-6-8-18(16)25-19;1-4(6)3-5(2)7;/h2*5-10,12,19,21H,3-4H2,1-2H3;3,6H,1-2H3;/q2*-1;;/b;;4-3-;. The predicted octanol–water partition coefficient (Wildman–Crippen LogP) is 10.3. The molecule has 0 fully saturated rings. The minimum atomic E-state index is -0.331. The van der Waals surface area contributed by atoms with Crippen LogP contribution in [0, 0.1) is 12.1 Å². The zero-order valence-electron chi connectivity index (χ0n) is 33.2. The van der Waals surface area contributed by atoms with Crippen LogP contribution in [-0.2, 0) is 24.9 Å². The number of hydrogen-bond donors (Lipinski definition) is 3. The molecular formula is C45H46IrN4O6S2-2. The average Bonchev–Trinajstić information content (AvgIpc) is 3.83. The number of para-hydroxylation sites is 2. The van der Waals surface area contributed by atoms with Gasteiger partial charge < -0.3 is 44.0 Å². The number of fused-ring (bicyclic) bond motifs is 4. The Morgan fingerprint density at radius 3 is 1.41 bits per heavy atom. The Hall–Kier alpha value is -4.94. The molecule has 2 unspecified atom stereocenters. The molecule has 2 atom stereocenters. The molecule has 6 aromatic rings. The second-order valence-corrected chi connectivity index (χ2v) is 15.5. The third-order valence-electron chi connectivity index (χ3n) is 9.34. The zero-order chi connectivity index (χ0) is 40.6. The van der Waals surface area contributed by atoms with Crippen molar-refractivity contribution < 1.29 is 38.8 Å². The molecule has 0 amide bonds. The van der Waals surface area contributed by atoms with Crippen molar-refractivity contribution in [2.75, 3.05) is 46.6 Å². The smallest absolute Gasteiger partial charge is 0.254 e. The quantitative estimate of drug-likeness (QED) is 0.0552. The Labute approximate surface area is 360 Å². The first-order chi connectivity index (χ1) is 27.5. The molecule has 2 aliphatic rings. The Balaban J connectivity index is 0.000000188. The number of nitrogens with zero attached hydrogens (tertiary/aromatic N) is 2. The second-order valence-electron chi connectivity index (χ2n) is 13.2. The van der Waals surface area contributed by atoms with Crippen LogP contribution >= 0.6 is 23.5 Å². The monoisotopic (exact) mass is 995 g/mol. The van der Waals surface area contributed by atoms with Crippen molar-refractivity contribution in [3.63, 3.8) is 0 Å². The molecule has 8 rings (SSSR count). The molecule has 4 aromatic carbocycles. The van der Waals surface area contributed by atoms with E-state index < -0.39 is 0 Å². The number of rotatable bonds is 9. The van der Waals surface area contributed by atoms with Gasteiger partial charge >= 0.3 is 0 Å².